The Bertz CT molecular complexity index is 1900. The van der Waals surface area contributed by atoms with Crippen molar-refractivity contribution in [2.45, 2.75) is 46.1 Å². The van der Waals surface area contributed by atoms with Crippen molar-refractivity contribution in [3.63, 3.8) is 0 Å². The standard InChI is InChI=1S/C43H42O6S3/c1-32-2-14-38(15-3-32)51(39-16-4-33(5-17-39)47-29-26-44)42-22-10-36(11-23-42)50-37-12-24-43(25-13-37)52(40-18-6-34(7-19-40)48-30-27-45)41-20-8-35(9-21-41)49-31-28-46/h2-25,44-46H,26-31H2,1H3/q+2. The fraction of sp³-hybridized carbons (Fsp3) is 0.163. The molecule has 0 aliphatic heterocycles. The Morgan fingerprint density at radius 2 is 0.635 bits per heavy atom. The molecule has 3 N–H and O–H groups in total. The summed E-state index contributed by atoms with van der Waals surface area (Å²) in [7, 11) is -0.679. The maximum absolute atomic E-state index is 9.16. The number of ether oxygens (including phenoxy) is 3. The molecule has 0 radical (unpaired) electrons. The molecule has 6 nitrogen and oxygen atoms in total. The third kappa shape index (κ3) is 9.95. The molecule has 0 saturated heterocycles. The number of aliphatic hydroxyl groups excluding tert-OH is 3. The van der Waals surface area contributed by atoms with E-state index in [9.17, 15) is 0 Å². The predicted molar refractivity (Wildman–Crippen MR) is 210 cm³/mol. The number of aliphatic hydroxyl groups is 3. The molecule has 0 amide bonds. The van der Waals surface area contributed by atoms with Gasteiger partial charge in [-0.15, -0.1) is 0 Å². The van der Waals surface area contributed by atoms with Crippen LogP contribution in [0.15, 0.2) is 185 Å². The van der Waals surface area contributed by atoms with Crippen molar-refractivity contribution in [1.82, 2.24) is 0 Å². The first kappa shape index (κ1) is 37.4. The zero-order valence-corrected chi connectivity index (χ0v) is 31.3. The molecule has 0 saturated carbocycles. The summed E-state index contributed by atoms with van der Waals surface area (Å²) in [5, 5.41) is 27.5. The Labute approximate surface area is 315 Å². The van der Waals surface area contributed by atoms with Crippen molar-refractivity contribution in [2.75, 3.05) is 39.6 Å². The summed E-state index contributed by atoms with van der Waals surface area (Å²) in [5.41, 5.74) is 1.23. The highest BCUT2D eigenvalue weighted by Crippen LogP contribution is 2.37. The molecule has 6 aromatic carbocycles. The van der Waals surface area contributed by atoms with E-state index in [2.05, 4.69) is 116 Å². The Hall–Kier alpha value is -4.35. The van der Waals surface area contributed by atoms with E-state index in [1.54, 1.807) is 11.8 Å². The molecular formula is C43H42O6S3+2. The monoisotopic (exact) mass is 750 g/mol. The lowest BCUT2D eigenvalue weighted by Crippen LogP contribution is -2.06. The number of benzene rings is 6. The summed E-state index contributed by atoms with van der Waals surface area (Å²) in [6.45, 7) is 2.82. The van der Waals surface area contributed by atoms with Gasteiger partial charge >= 0.3 is 0 Å². The molecule has 52 heavy (non-hydrogen) atoms. The van der Waals surface area contributed by atoms with Gasteiger partial charge in [-0.3, -0.25) is 0 Å². The topological polar surface area (TPSA) is 88.4 Å². The molecule has 0 heterocycles. The van der Waals surface area contributed by atoms with Crippen LogP contribution in [0.5, 0.6) is 17.2 Å². The highest BCUT2D eigenvalue weighted by atomic mass is 32.2. The van der Waals surface area contributed by atoms with Gasteiger partial charge in [0.2, 0.25) is 0 Å². The number of rotatable bonds is 17. The molecule has 1 unspecified atom stereocenters. The number of hydrogen-bond acceptors (Lipinski definition) is 7. The van der Waals surface area contributed by atoms with E-state index in [1.165, 1.54) is 25.1 Å². The van der Waals surface area contributed by atoms with E-state index >= 15 is 0 Å². The fourth-order valence-corrected chi connectivity index (χ4v) is 10.3. The molecule has 9 heteroatoms. The van der Waals surface area contributed by atoms with Gasteiger partial charge in [0.05, 0.1) is 41.6 Å². The molecule has 0 aromatic heterocycles. The minimum atomic E-state index is -0.385. The summed E-state index contributed by atoms with van der Waals surface area (Å²) in [6.07, 6.45) is 0. The van der Waals surface area contributed by atoms with E-state index in [-0.39, 0.29) is 61.4 Å². The zero-order valence-electron chi connectivity index (χ0n) is 28.9. The van der Waals surface area contributed by atoms with Crippen molar-refractivity contribution in [1.29, 1.82) is 0 Å². The minimum Gasteiger partial charge on any atom is -0.491 e. The molecule has 0 fully saturated rings. The highest BCUT2D eigenvalue weighted by molar-refractivity contribution is 7.99. The van der Waals surface area contributed by atoms with Crippen LogP contribution in [0.4, 0.5) is 0 Å². The molecule has 0 aliphatic rings. The number of aryl methyl sites for hydroxylation is 1. The lowest BCUT2D eigenvalue weighted by molar-refractivity contribution is 0.201. The predicted octanol–water partition coefficient (Wildman–Crippen LogP) is 8.45. The smallest absolute Gasteiger partial charge is 0.166 e. The van der Waals surface area contributed by atoms with Gasteiger partial charge in [0.25, 0.3) is 0 Å². The first-order valence-corrected chi connectivity index (χ1v) is 20.3. The molecule has 266 valence electrons. The van der Waals surface area contributed by atoms with E-state index in [0.717, 1.165) is 36.8 Å². The second kappa shape index (κ2) is 18.9. The van der Waals surface area contributed by atoms with Crippen LogP contribution in [-0.4, -0.2) is 55.0 Å². The zero-order chi connectivity index (χ0) is 36.1. The largest absolute Gasteiger partial charge is 0.491 e. The van der Waals surface area contributed by atoms with Crippen LogP contribution in [0.2, 0.25) is 0 Å². The quantitative estimate of drug-likeness (QED) is 0.0807. The van der Waals surface area contributed by atoms with Crippen LogP contribution in [-0.2, 0) is 21.8 Å². The minimum absolute atomic E-state index is 0.0133. The summed E-state index contributed by atoms with van der Waals surface area (Å²) in [5.74, 6) is 2.19. The van der Waals surface area contributed by atoms with E-state index in [4.69, 9.17) is 29.5 Å². The summed E-state index contributed by atoms with van der Waals surface area (Å²) in [6, 6.07) is 50.7. The lowest BCUT2D eigenvalue weighted by Gasteiger charge is -2.11. The van der Waals surface area contributed by atoms with Gasteiger partial charge in [-0.25, -0.2) is 0 Å². The van der Waals surface area contributed by atoms with Gasteiger partial charge in [-0.2, -0.15) is 0 Å². The Morgan fingerprint density at radius 3 is 0.904 bits per heavy atom. The van der Waals surface area contributed by atoms with Gasteiger partial charge in [0.1, 0.15) is 37.1 Å². The molecule has 6 aromatic rings. The molecule has 1 atom stereocenters. The third-order valence-corrected chi connectivity index (χ3v) is 13.3. The van der Waals surface area contributed by atoms with Crippen LogP contribution < -0.4 is 14.2 Å². The highest BCUT2D eigenvalue weighted by Gasteiger charge is 2.30. The van der Waals surface area contributed by atoms with Gasteiger partial charge in [-0.1, -0.05) is 29.5 Å². The normalized spacial score (nSPS) is 11.7. The molecule has 0 spiro atoms. The average molecular weight is 751 g/mol. The summed E-state index contributed by atoms with van der Waals surface area (Å²) >= 11 is 1.74. The van der Waals surface area contributed by atoms with Crippen molar-refractivity contribution in [3.05, 3.63) is 151 Å². The molecular weight excluding hydrogens is 709 g/mol. The summed E-state index contributed by atoms with van der Waals surface area (Å²) < 4.78 is 16.8. The van der Waals surface area contributed by atoms with Crippen molar-refractivity contribution in [3.8, 4) is 17.2 Å². The van der Waals surface area contributed by atoms with Crippen LogP contribution >= 0.6 is 11.8 Å². The summed E-state index contributed by atoms with van der Waals surface area (Å²) in [4.78, 5) is 9.47. The van der Waals surface area contributed by atoms with E-state index in [0.29, 0.717) is 0 Å². The third-order valence-electron chi connectivity index (χ3n) is 7.87. The van der Waals surface area contributed by atoms with Crippen LogP contribution in [0.1, 0.15) is 5.56 Å². The first-order chi connectivity index (χ1) is 25.5. The molecule has 0 bridgehead atoms. The molecule has 6 rings (SSSR count). The van der Waals surface area contributed by atoms with Gasteiger partial charge in [-0.05, 0) is 140 Å². The van der Waals surface area contributed by atoms with E-state index < -0.39 is 0 Å². The van der Waals surface area contributed by atoms with Crippen molar-refractivity contribution < 1.29 is 29.5 Å². The Balaban J connectivity index is 1.22. The maximum atomic E-state index is 9.16. The van der Waals surface area contributed by atoms with Crippen molar-refractivity contribution in [2.24, 2.45) is 0 Å². The van der Waals surface area contributed by atoms with Crippen molar-refractivity contribution >= 4 is 33.6 Å². The second-order valence-electron chi connectivity index (χ2n) is 11.6. The Morgan fingerprint density at radius 1 is 0.385 bits per heavy atom. The average Bonchev–Trinajstić information content (AvgIpc) is 3.19. The maximum Gasteiger partial charge on any atom is 0.166 e. The SMILES string of the molecule is Cc1ccc([S+](c2ccc(OCCO)cc2)c2ccc(Sc3ccc([S+](c4ccc(OCCO)cc4)c4ccc(OCCO)cc4)cc3)cc2)cc1. The molecule has 0 aliphatic carbocycles. The lowest BCUT2D eigenvalue weighted by atomic mass is 10.2. The number of hydrogen-bond donors (Lipinski definition) is 3. The van der Waals surface area contributed by atoms with E-state index in [1.807, 2.05) is 36.4 Å². The van der Waals surface area contributed by atoms with Gasteiger partial charge in [0.15, 0.2) is 29.4 Å². The first-order valence-electron chi connectivity index (χ1n) is 17.0. The second-order valence-corrected chi connectivity index (χ2v) is 16.8. The Kier molecular flexibility index (Phi) is 13.6. The van der Waals surface area contributed by atoms with Crippen LogP contribution in [0, 0.1) is 6.92 Å². The van der Waals surface area contributed by atoms with Gasteiger partial charge in [0, 0.05) is 9.79 Å². The van der Waals surface area contributed by atoms with Crippen LogP contribution in [0.25, 0.3) is 0 Å². The van der Waals surface area contributed by atoms with Gasteiger partial charge < -0.3 is 29.5 Å². The fourth-order valence-electron chi connectivity index (χ4n) is 5.42. The van der Waals surface area contributed by atoms with Crippen LogP contribution in [0.3, 0.4) is 0 Å².